The first kappa shape index (κ1) is 15.8. The molecular weight excluding hydrogens is 284 g/mol. The molecule has 0 atom stereocenters. The second-order valence-electron chi connectivity index (χ2n) is 4.05. The van der Waals surface area contributed by atoms with Crippen LogP contribution in [0, 0.1) is 0 Å². The molecule has 1 aromatic rings. The Bertz CT molecular complexity index is 562. The second kappa shape index (κ2) is 7.35. The summed E-state index contributed by atoms with van der Waals surface area (Å²) in [4.78, 5) is 10.5. The van der Waals surface area contributed by atoms with Gasteiger partial charge in [-0.2, -0.15) is 11.8 Å². The highest BCUT2D eigenvalue weighted by Crippen LogP contribution is 2.18. The number of carboxylic acids is 1. The van der Waals surface area contributed by atoms with E-state index >= 15 is 0 Å². The Morgan fingerprint density at radius 2 is 2.05 bits per heavy atom. The molecule has 6 heteroatoms. The number of carboxylic acid groups (broad SMARTS) is 1. The van der Waals surface area contributed by atoms with Crippen molar-refractivity contribution < 1.29 is 18.3 Å². The van der Waals surface area contributed by atoms with Gasteiger partial charge in [-0.3, -0.25) is 0 Å². The van der Waals surface area contributed by atoms with Crippen LogP contribution in [-0.4, -0.2) is 37.3 Å². The summed E-state index contributed by atoms with van der Waals surface area (Å²) in [5, 5.41) is 8.61. The van der Waals surface area contributed by atoms with Crippen LogP contribution in [0.5, 0.6) is 0 Å². The molecule has 0 saturated heterocycles. The molecule has 0 aromatic heterocycles. The van der Waals surface area contributed by atoms with Crippen molar-refractivity contribution >= 4 is 33.6 Å². The minimum Gasteiger partial charge on any atom is -0.478 e. The normalized spacial score (nSPS) is 11.8. The van der Waals surface area contributed by atoms with E-state index in [9.17, 15) is 13.2 Å². The first-order valence-corrected chi connectivity index (χ1v) is 8.84. The number of aliphatic carboxylic acids is 1. The highest BCUT2D eigenvalue weighted by Gasteiger charge is 2.03. The standard InChI is InChI=1S/C13H16O4S2/c1-19(16,17)9-8-18-10-12-5-3-2-4-11(12)6-7-13(14)15/h2-7H,8-10H2,1H3,(H,14,15). The maximum atomic E-state index is 11.0. The maximum absolute atomic E-state index is 11.0. The van der Waals surface area contributed by atoms with Crippen molar-refractivity contribution in [3.63, 3.8) is 0 Å². The molecular formula is C13H16O4S2. The molecule has 4 nitrogen and oxygen atoms in total. The van der Waals surface area contributed by atoms with Gasteiger partial charge in [-0.15, -0.1) is 0 Å². The van der Waals surface area contributed by atoms with Gasteiger partial charge in [0, 0.05) is 23.8 Å². The maximum Gasteiger partial charge on any atom is 0.328 e. The number of thioether (sulfide) groups is 1. The fourth-order valence-corrected chi connectivity index (χ4v) is 3.69. The Morgan fingerprint density at radius 1 is 1.37 bits per heavy atom. The Hall–Kier alpha value is -1.27. The van der Waals surface area contributed by atoms with E-state index in [0.29, 0.717) is 11.5 Å². The first-order chi connectivity index (χ1) is 8.88. The molecule has 0 spiro atoms. The lowest BCUT2D eigenvalue weighted by atomic mass is 10.1. The van der Waals surface area contributed by atoms with E-state index in [2.05, 4.69) is 0 Å². The molecule has 0 unspecified atom stereocenters. The predicted molar refractivity (Wildman–Crippen MR) is 79.0 cm³/mol. The fourth-order valence-electron chi connectivity index (χ4n) is 1.38. The summed E-state index contributed by atoms with van der Waals surface area (Å²) < 4.78 is 22.0. The lowest BCUT2D eigenvalue weighted by Crippen LogP contribution is -2.05. The number of carbonyl (C=O) groups is 1. The third-order valence-electron chi connectivity index (χ3n) is 2.32. The van der Waals surface area contributed by atoms with Crippen LogP contribution in [-0.2, 0) is 20.4 Å². The zero-order valence-corrected chi connectivity index (χ0v) is 12.2. The summed E-state index contributed by atoms with van der Waals surface area (Å²) in [6, 6.07) is 7.47. The van der Waals surface area contributed by atoms with Gasteiger partial charge in [-0.1, -0.05) is 24.3 Å². The highest BCUT2D eigenvalue weighted by atomic mass is 32.2. The van der Waals surface area contributed by atoms with Crippen molar-refractivity contribution in [3.8, 4) is 0 Å². The quantitative estimate of drug-likeness (QED) is 0.616. The van der Waals surface area contributed by atoms with E-state index in [0.717, 1.165) is 17.2 Å². The molecule has 19 heavy (non-hydrogen) atoms. The highest BCUT2D eigenvalue weighted by molar-refractivity contribution is 7.99. The lowest BCUT2D eigenvalue weighted by Gasteiger charge is -2.05. The van der Waals surface area contributed by atoms with E-state index in [-0.39, 0.29) is 5.75 Å². The van der Waals surface area contributed by atoms with Gasteiger partial charge in [0.25, 0.3) is 0 Å². The molecule has 1 rings (SSSR count). The van der Waals surface area contributed by atoms with Gasteiger partial charge in [0.15, 0.2) is 0 Å². The van der Waals surface area contributed by atoms with E-state index in [1.54, 1.807) is 6.08 Å². The van der Waals surface area contributed by atoms with Crippen molar-refractivity contribution in [3.05, 3.63) is 41.5 Å². The summed E-state index contributed by atoms with van der Waals surface area (Å²) in [5.41, 5.74) is 1.84. The number of sulfone groups is 1. The number of hydrogen-bond acceptors (Lipinski definition) is 4. The van der Waals surface area contributed by atoms with Crippen LogP contribution < -0.4 is 0 Å². The monoisotopic (exact) mass is 300 g/mol. The second-order valence-corrected chi connectivity index (χ2v) is 7.42. The molecule has 0 aliphatic heterocycles. The average molecular weight is 300 g/mol. The van der Waals surface area contributed by atoms with Crippen LogP contribution in [0.2, 0.25) is 0 Å². The molecule has 0 radical (unpaired) electrons. The molecule has 0 bridgehead atoms. The Kier molecular flexibility index (Phi) is 6.11. The summed E-state index contributed by atoms with van der Waals surface area (Å²) in [6.45, 7) is 0. The molecule has 0 fully saturated rings. The van der Waals surface area contributed by atoms with Crippen LogP contribution in [0.25, 0.3) is 6.08 Å². The van der Waals surface area contributed by atoms with Crippen LogP contribution in [0.3, 0.4) is 0 Å². The van der Waals surface area contributed by atoms with Crippen molar-refractivity contribution in [1.82, 2.24) is 0 Å². The van der Waals surface area contributed by atoms with Crippen LogP contribution in [0.1, 0.15) is 11.1 Å². The topological polar surface area (TPSA) is 71.4 Å². The van der Waals surface area contributed by atoms with Gasteiger partial charge >= 0.3 is 5.97 Å². The van der Waals surface area contributed by atoms with Crippen molar-refractivity contribution in [2.45, 2.75) is 5.75 Å². The third-order valence-corrected chi connectivity index (χ3v) is 4.53. The van der Waals surface area contributed by atoms with Crippen LogP contribution >= 0.6 is 11.8 Å². The Balaban J connectivity index is 2.61. The number of rotatable bonds is 7. The summed E-state index contributed by atoms with van der Waals surface area (Å²) >= 11 is 1.52. The van der Waals surface area contributed by atoms with E-state index in [1.165, 1.54) is 18.0 Å². The van der Waals surface area contributed by atoms with Gasteiger partial charge < -0.3 is 5.11 Å². The number of hydrogen-bond donors (Lipinski definition) is 1. The number of benzene rings is 1. The van der Waals surface area contributed by atoms with E-state index < -0.39 is 15.8 Å². The molecule has 1 aromatic carbocycles. The predicted octanol–water partition coefficient (Wildman–Crippen LogP) is 2.06. The molecule has 1 N–H and O–H groups in total. The Morgan fingerprint density at radius 3 is 2.68 bits per heavy atom. The largest absolute Gasteiger partial charge is 0.478 e. The van der Waals surface area contributed by atoms with Gasteiger partial charge in [-0.25, -0.2) is 13.2 Å². The minimum absolute atomic E-state index is 0.158. The van der Waals surface area contributed by atoms with Gasteiger partial charge in [0.1, 0.15) is 9.84 Å². The van der Waals surface area contributed by atoms with Crippen molar-refractivity contribution in [2.75, 3.05) is 17.8 Å². The smallest absolute Gasteiger partial charge is 0.328 e. The van der Waals surface area contributed by atoms with Gasteiger partial charge in [0.2, 0.25) is 0 Å². The van der Waals surface area contributed by atoms with Gasteiger partial charge in [-0.05, 0) is 17.2 Å². The average Bonchev–Trinajstić information content (AvgIpc) is 2.32. The fraction of sp³-hybridized carbons (Fsp3) is 0.308. The molecule has 0 heterocycles. The molecule has 0 amide bonds. The van der Waals surface area contributed by atoms with Gasteiger partial charge in [0.05, 0.1) is 5.75 Å². The summed E-state index contributed by atoms with van der Waals surface area (Å²) in [7, 11) is -2.92. The zero-order chi connectivity index (χ0) is 14.3. The summed E-state index contributed by atoms with van der Waals surface area (Å²) in [5.74, 6) is 0.371. The van der Waals surface area contributed by atoms with Crippen LogP contribution in [0.4, 0.5) is 0 Å². The molecule has 0 aliphatic carbocycles. The zero-order valence-electron chi connectivity index (χ0n) is 10.6. The minimum atomic E-state index is -2.92. The molecule has 0 saturated carbocycles. The molecule has 104 valence electrons. The first-order valence-electron chi connectivity index (χ1n) is 5.63. The Labute approximate surface area is 117 Å². The van der Waals surface area contributed by atoms with E-state index in [4.69, 9.17) is 5.11 Å². The van der Waals surface area contributed by atoms with Crippen molar-refractivity contribution in [2.24, 2.45) is 0 Å². The van der Waals surface area contributed by atoms with E-state index in [1.807, 2.05) is 24.3 Å². The summed E-state index contributed by atoms with van der Waals surface area (Å²) in [6.07, 6.45) is 3.87. The SMILES string of the molecule is CS(=O)(=O)CCSCc1ccccc1C=CC(=O)O. The van der Waals surface area contributed by atoms with Crippen LogP contribution in [0.15, 0.2) is 30.3 Å². The lowest BCUT2D eigenvalue weighted by molar-refractivity contribution is -0.131. The van der Waals surface area contributed by atoms with Crippen molar-refractivity contribution in [1.29, 1.82) is 0 Å². The third kappa shape index (κ3) is 7.03. The molecule has 0 aliphatic rings.